The highest BCUT2D eigenvalue weighted by molar-refractivity contribution is 7.21. The van der Waals surface area contributed by atoms with E-state index in [2.05, 4.69) is 4.98 Å². The second-order valence-corrected chi connectivity index (χ2v) is 7.29. The summed E-state index contributed by atoms with van der Waals surface area (Å²) in [5.74, 6) is 0.538. The van der Waals surface area contributed by atoms with E-state index in [-0.39, 0.29) is 12.5 Å². The Hall–Kier alpha value is -1.44. The Labute approximate surface area is 129 Å². The number of fused-ring (bicyclic) bond motifs is 3. The molecule has 1 amide bonds. The molecule has 1 saturated heterocycles. The van der Waals surface area contributed by atoms with Gasteiger partial charge >= 0.3 is 0 Å². The largest absolute Gasteiger partial charge is 0.396 e. The molecule has 1 fully saturated rings. The number of carbonyl (C=O) groups is 1. The Morgan fingerprint density at radius 3 is 3.29 bits per heavy atom. The van der Waals surface area contributed by atoms with E-state index >= 15 is 0 Å². The third-order valence-electron chi connectivity index (χ3n) is 4.06. The monoisotopic (exact) mass is 321 g/mol. The van der Waals surface area contributed by atoms with Gasteiger partial charge in [0.1, 0.15) is 4.83 Å². The molecule has 0 radical (unpaired) electrons. The lowest BCUT2D eigenvalue weighted by molar-refractivity contribution is 0.0789. The maximum atomic E-state index is 12.6. The molecule has 1 aliphatic heterocycles. The van der Waals surface area contributed by atoms with E-state index < -0.39 is 0 Å². The number of thiophene rings is 1. The van der Waals surface area contributed by atoms with Gasteiger partial charge < -0.3 is 10.0 Å². The number of thiazole rings is 1. The Balaban J connectivity index is 1.60. The Morgan fingerprint density at radius 1 is 1.52 bits per heavy atom. The summed E-state index contributed by atoms with van der Waals surface area (Å²) < 4.78 is 2.03. The molecule has 0 saturated carbocycles. The summed E-state index contributed by atoms with van der Waals surface area (Å²) >= 11 is 3.07. The fourth-order valence-corrected chi connectivity index (χ4v) is 4.71. The van der Waals surface area contributed by atoms with E-state index in [0.717, 1.165) is 46.1 Å². The first kappa shape index (κ1) is 13.2. The summed E-state index contributed by atoms with van der Waals surface area (Å²) in [6.45, 7) is 1.76. The zero-order chi connectivity index (χ0) is 14.4. The third-order valence-corrected chi connectivity index (χ3v) is 5.82. The van der Waals surface area contributed by atoms with Crippen LogP contribution in [0.25, 0.3) is 15.3 Å². The number of hydrogen-bond donors (Lipinski definition) is 1. The molecule has 3 aromatic heterocycles. The molecule has 5 nitrogen and oxygen atoms in total. The molecular weight excluding hydrogens is 306 g/mol. The fourth-order valence-electron chi connectivity index (χ4n) is 2.94. The first-order valence-corrected chi connectivity index (χ1v) is 8.71. The molecule has 110 valence electrons. The van der Waals surface area contributed by atoms with E-state index in [0.29, 0.717) is 5.92 Å². The van der Waals surface area contributed by atoms with Gasteiger partial charge in [0, 0.05) is 31.3 Å². The number of aliphatic hydroxyl groups is 1. The van der Waals surface area contributed by atoms with E-state index in [1.165, 1.54) is 11.3 Å². The number of likely N-dealkylation sites (tertiary alicyclic amines) is 1. The van der Waals surface area contributed by atoms with Crippen LogP contribution in [0.1, 0.15) is 22.5 Å². The third kappa shape index (κ3) is 2.16. The molecule has 4 rings (SSSR count). The van der Waals surface area contributed by atoms with Crippen LogP contribution >= 0.6 is 22.7 Å². The molecule has 4 heterocycles. The van der Waals surface area contributed by atoms with Gasteiger partial charge in [0.25, 0.3) is 5.91 Å². The van der Waals surface area contributed by atoms with Gasteiger partial charge in [0.05, 0.1) is 10.4 Å². The Kier molecular flexibility index (Phi) is 3.20. The summed E-state index contributed by atoms with van der Waals surface area (Å²) in [5, 5.41) is 11.0. The predicted octanol–water partition coefficient (Wildman–Crippen LogP) is 2.46. The van der Waals surface area contributed by atoms with Crippen LogP contribution in [0.3, 0.4) is 0 Å². The fraction of sp³-hybridized carbons (Fsp3) is 0.429. The number of imidazole rings is 1. The maximum Gasteiger partial charge on any atom is 0.264 e. The van der Waals surface area contributed by atoms with Crippen LogP contribution in [-0.2, 0) is 0 Å². The van der Waals surface area contributed by atoms with Gasteiger partial charge in [-0.15, -0.1) is 22.7 Å². The molecule has 7 heteroatoms. The molecule has 0 aromatic carbocycles. The number of aromatic nitrogens is 2. The minimum Gasteiger partial charge on any atom is -0.396 e. The van der Waals surface area contributed by atoms with Gasteiger partial charge in [-0.25, -0.2) is 4.98 Å². The molecule has 0 aliphatic carbocycles. The van der Waals surface area contributed by atoms with Crippen LogP contribution in [0.15, 0.2) is 17.6 Å². The molecular formula is C14H15N3O2S2. The van der Waals surface area contributed by atoms with Gasteiger partial charge in [-0.3, -0.25) is 9.20 Å². The molecule has 1 unspecified atom stereocenters. The molecule has 0 spiro atoms. The van der Waals surface area contributed by atoms with Crippen molar-refractivity contribution in [3.05, 3.63) is 22.5 Å². The molecule has 3 aromatic rings. The summed E-state index contributed by atoms with van der Waals surface area (Å²) in [7, 11) is 0. The lowest BCUT2D eigenvalue weighted by Gasteiger charge is -2.15. The van der Waals surface area contributed by atoms with Crippen molar-refractivity contribution in [2.45, 2.75) is 12.8 Å². The van der Waals surface area contributed by atoms with Gasteiger partial charge in [0.2, 0.25) is 0 Å². The van der Waals surface area contributed by atoms with Crippen molar-refractivity contribution in [3.63, 3.8) is 0 Å². The average Bonchev–Trinajstić information content (AvgIpc) is 3.18. The van der Waals surface area contributed by atoms with Crippen LogP contribution in [0.2, 0.25) is 0 Å². The van der Waals surface area contributed by atoms with Crippen LogP contribution in [0.5, 0.6) is 0 Å². The van der Waals surface area contributed by atoms with Crippen molar-refractivity contribution in [2.24, 2.45) is 5.92 Å². The summed E-state index contributed by atoms with van der Waals surface area (Å²) in [6, 6.07) is 1.95. The van der Waals surface area contributed by atoms with Gasteiger partial charge in [0.15, 0.2) is 4.96 Å². The Morgan fingerprint density at radius 2 is 2.43 bits per heavy atom. The minimum absolute atomic E-state index is 0.0995. The first-order chi connectivity index (χ1) is 10.3. The highest BCUT2D eigenvalue weighted by atomic mass is 32.1. The van der Waals surface area contributed by atoms with Crippen LogP contribution in [-0.4, -0.2) is 45.0 Å². The van der Waals surface area contributed by atoms with Crippen molar-refractivity contribution >= 4 is 43.9 Å². The SMILES string of the molecule is O=C(c1cc2c(nc3sccn32)s1)N1CCC(CCO)C1. The average molecular weight is 321 g/mol. The maximum absolute atomic E-state index is 12.6. The summed E-state index contributed by atoms with van der Waals surface area (Å²) in [5.41, 5.74) is 1.02. The number of amides is 1. The number of nitrogens with zero attached hydrogens (tertiary/aromatic N) is 3. The van der Waals surface area contributed by atoms with Gasteiger partial charge in [-0.1, -0.05) is 0 Å². The highest BCUT2D eigenvalue weighted by Crippen LogP contribution is 2.30. The normalized spacial score (nSPS) is 19.1. The topological polar surface area (TPSA) is 57.8 Å². The van der Waals surface area contributed by atoms with Crippen LogP contribution < -0.4 is 0 Å². The lowest BCUT2D eigenvalue weighted by Crippen LogP contribution is -2.28. The van der Waals surface area contributed by atoms with E-state index in [1.54, 1.807) is 11.3 Å². The standard InChI is InChI=1S/C14H15N3O2S2/c18-5-2-9-1-3-16(8-9)13(19)11-7-10-12(21-11)15-14-17(10)4-6-20-14/h4,6-7,9,18H,1-3,5,8H2. The number of carbonyl (C=O) groups excluding carboxylic acids is 1. The quantitative estimate of drug-likeness (QED) is 0.806. The first-order valence-electron chi connectivity index (χ1n) is 7.01. The van der Waals surface area contributed by atoms with Crippen molar-refractivity contribution in [3.8, 4) is 0 Å². The Bertz CT molecular complexity index is 804. The second-order valence-electron chi connectivity index (χ2n) is 5.39. The van der Waals surface area contributed by atoms with E-state index in [1.807, 2.05) is 26.9 Å². The summed E-state index contributed by atoms with van der Waals surface area (Å²) in [6.07, 6.45) is 3.77. The highest BCUT2D eigenvalue weighted by Gasteiger charge is 2.28. The van der Waals surface area contributed by atoms with Crippen molar-refractivity contribution in [2.75, 3.05) is 19.7 Å². The van der Waals surface area contributed by atoms with Crippen molar-refractivity contribution in [1.82, 2.24) is 14.3 Å². The van der Waals surface area contributed by atoms with Gasteiger partial charge in [-0.05, 0) is 24.8 Å². The second kappa shape index (κ2) is 5.08. The van der Waals surface area contributed by atoms with Crippen molar-refractivity contribution < 1.29 is 9.90 Å². The molecule has 1 aliphatic rings. The van der Waals surface area contributed by atoms with Gasteiger partial charge in [-0.2, -0.15) is 0 Å². The van der Waals surface area contributed by atoms with Crippen molar-refractivity contribution in [1.29, 1.82) is 0 Å². The zero-order valence-corrected chi connectivity index (χ0v) is 13.0. The lowest BCUT2D eigenvalue weighted by atomic mass is 10.1. The molecule has 21 heavy (non-hydrogen) atoms. The van der Waals surface area contributed by atoms with Crippen LogP contribution in [0, 0.1) is 5.92 Å². The zero-order valence-electron chi connectivity index (χ0n) is 11.4. The number of hydrogen-bond acceptors (Lipinski definition) is 5. The van der Waals surface area contributed by atoms with E-state index in [4.69, 9.17) is 5.11 Å². The molecule has 0 bridgehead atoms. The molecule has 1 atom stereocenters. The molecule has 1 N–H and O–H groups in total. The van der Waals surface area contributed by atoms with Crippen LogP contribution in [0.4, 0.5) is 0 Å². The minimum atomic E-state index is 0.0995. The number of rotatable bonds is 3. The smallest absolute Gasteiger partial charge is 0.264 e. The summed E-state index contributed by atoms with van der Waals surface area (Å²) in [4.78, 5) is 21.7. The van der Waals surface area contributed by atoms with E-state index in [9.17, 15) is 4.79 Å². The number of aliphatic hydroxyl groups excluding tert-OH is 1. The predicted molar refractivity (Wildman–Crippen MR) is 84.2 cm³/mol.